The topological polar surface area (TPSA) is 35.5 Å². The summed E-state index contributed by atoms with van der Waals surface area (Å²) in [6, 6.07) is 15.5. The number of methoxy groups -OCH3 is 1. The number of benzene rings is 2. The Labute approximate surface area is 138 Å². The molecule has 0 unspecified atom stereocenters. The van der Waals surface area contributed by atoms with Crippen LogP contribution in [-0.4, -0.2) is 13.1 Å². The van der Waals surface area contributed by atoms with Gasteiger partial charge in [0.25, 0.3) is 0 Å². The molecule has 0 bridgehead atoms. The molecule has 2 aromatic rings. The second-order valence-electron chi connectivity index (χ2n) is 6.86. The highest BCUT2D eigenvalue weighted by atomic mass is 16.5. The molecule has 2 rings (SSSR count). The molecule has 0 amide bonds. The first-order valence-electron chi connectivity index (χ1n) is 7.76. The Morgan fingerprint density at radius 3 is 2.30 bits per heavy atom. The molecule has 122 valence electrons. The minimum absolute atomic E-state index is 0.275. The number of carbonyl (C=O) groups excluding carboxylic acids is 1. The van der Waals surface area contributed by atoms with Gasteiger partial charge in [-0.15, -0.1) is 0 Å². The predicted octanol–water partition coefficient (Wildman–Crippen LogP) is 4.64. The molecular formula is C20H24O3. The van der Waals surface area contributed by atoms with Gasteiger partial charge in [-0.05, 0) is 47.2 Å². The zero-order chi connectivity index (χ0) is 16.9. The number of esters is 1. The quantitative estimate of drug-likeness (QED) is 0.754. The van der Waals surface area contributed by atoms with Crippen LogP contribution >= 0.6 is 0 Å². The van der Waals surface area contributed by atoms with Crippen LogP contribution in [0.3, 0.4) is 0 Å². The van der Waals surface area contributed by atoms with Crippen LogP contribution in [0, 0.1) is 5.41 Å². The van der Waals surface area contributed by atoms with Crippen molar-refractivity contribution in [1.82, 2.24) is 0 Å². The Kier molecular flexibility index (Phi) is 5.43. The molecule has 0 aliphatic carbocycles. The molecule has 0 aromatic heterocycles. The third-order valence-electron chi connectivity index (χ3n) is 3.41. The van der Waals surface area contributed by atoms with E-state index in [1.54, 1.807) is 12.1 Å². The van der Waals surface area contributed by atoms with E-state index in [2.05, 4.69) is 32.9 Å². The molecule has 0 aliphatic heterocycles. The summed E-state index contributed by atoms with van der Waals surface area (Å²) in [5, 5.41) is 0. The van der Waals surface area contributed by atoms with Crippen LogP contribution in [0.4, 0.5) is 0 Å². The van der Waals surface area contributed by atoms with Gasteiger partial charge in [0.05, 0.1) is 12.7 Å². The van der Waals surface area contributed by atoms with E-state index < -0.39 is 0 Å². The molecule has 0 radical (unpaired) electrons. The molecule has 0 spiro atoms. The lowest BCUT2D eigenvalue weighted by molar-refractivity contribution is 0.0600. The van der Waals surface area contributed by atoms with Gasteiger partial charge in [0.15, 0.2) is 0 Å². The van der Waals surface area contributed by atoms with Crippen molar-refractivity contribution in [2.45, 2.75) is 33.8 Å². The third-order valence-corrected chi connectivity index (χ3v) is 3.41. The Morgan fingerprint density at radius 2 is 1.70 bits per heavy atom. The molecule has 2 aromatic carbocycles. The summed E-state index contributed by atoms with van der Waals surface area (Å²) in [6.07, 6.45) is 1.04. The van der Waals surface area contributed by atoms with E-state index in [0.29, 0.717) is 12.2 Å². The minimum Gasteiger partial charge on any atom is -0.489 e. The maximum Gasteiger partial charge on any atom is 0.337 e. The molecule has 0 aliphatic rings. The lowest BCUT2D eigenvalue weighted by atomic mass is 9.88. The predicted molar refractivity (Wildman–Crippen MR) is 91.7 cm³/mol. The molecule has 0 N–H and O–H groups in total. The standard InChI is InChI=1S/C20H24O3/c1-20(2,3)13-15-8-10-18(11-9-15)23-14-16-6-5-7-17(12-16)19(21)22-4/h5-12H,13-14H2,1-4H3. The van der Waals surface area contributed by atoms with Crippen LogP contribution in [0.1, 0.15) is 42.3 Å². The summed E-state index contributed by atoms with van der Waals surface area (Å²) < 4.78 is 10.5. The van der Waals surface area contributed by atoms with Gasteiger partial charge in [0, 0.05) is 0 Å². The van der Waals surface area contributed by atoms with Gasteiger partial charge in [-0.3, -0.25) is 0 Å². The van der Waals surface area contributed by atoms with E-state index in [4.69, 9.17) is 9.47 Å². The molecule has 0 saturated heterocycles. The maximum atomic E-state index is 11.5. The summed E-state index contributed by atoms with van der Waals surface area (Å²) >= 11 is 0. The average molecular weight is 312 g/mol. The van der Waals surface area contributed by atoms with E-state index in [9.17, 15) is 4.79 Å². The van der Waals surface area contributed by atoms with Gasteiger partial charge in [-0.2, -0.15) is 0 Å². The van der Waals surface area contributed by atoms with Crippen LogP contribution < -0.4 is 4.74 Å². The largest absolute Gasteiger partial charge is 0.489 e. The van der Waals surface area contributed by atoms with Gasteiger partial charge >= 0.3 is 5.97 Å². The summed E-state index contributed by atoms with van der Waals surface area (Å²) in [5.41, 5.74) is 3.05. The molecule has 3 heteroatoms. The SMILES string of the molecule is COC(=O)c1cccc(COc2ccc(CC(C)(C)C)cc2)c1. The van der Waals surface area contributed by atoms with E-state index in [1.165, 1.54) is 12.7 Å². The third kappa shape index (κ3) is 5.44. The summed E-state index contributed by atoms with van der Waals surface area (Å²) in [7, 11) is 1.38. The first-order chi connectivity index (χ1) is 10.9. The highest BCUT2D eigenvalue weighted by molar-refractivity contribution is 5.89. The summed E-state index contributed by atoms with van der Waals surface area (Å²) in [4.78, 5) is 11.5. The highest BCUT2D eigenvalue weighted by Gasteiger charge is 2.11. The van der Waals surface area contributed by atoms with E-state index in [1.807, 2.05) is 24.3 Å². The van der Waals surface area contributed by atoms with Crippen LogP contribution in [-0.2, 0) is 17.8 Å². The number of rotatable bonds is 5. The molecule has 0 heterocycles. The second kappa shape index (κ2) is 7.32. The van der Waals surface area contributed by atoms with Crippen LogP contribution in [0.15, 0.2) is 48.5 Å². The van der Waals surface area contributed by atoms with Gasteiger partial charge in [0.2, 0.25) is 0 Å². The van der Waals surface area contributed by atoms with E-state index >= 15 is 0 Å². The number of hydrogen-bond acceptors (Lipinski definition) is 3. The van der Waals surface area contributed by atoms with Gasteiger partial charge in [-0.1, -0.05) is 45.0 Å². The number of ether oxygens (including phenoxy) is 2. The fraction of sp³-hybridized carbons (Fsp3) is 0.350. The maximum absolute atomic E-state index is 11.5. The van der Waals surface area contributed by atoms with Gasteiger partial charge in [0.1, 0.15) is 12.4 Å². The Bertz CT molecular complexity index is 651. The van der Waals surface area contributed by atoms with Crippen LogP contribution in [0.25, 0.3) is 0 Å². The number of carbonyl (C=O) groups is 1. The van der Waals surface area contributed by atoms with Crippen molar-refractivity contribution in [3.8, 4) is 5.75 Å². The fourth-order valence-corrected chi connectivity index (χ4v) is 2.39. The Balaban J connectivity index is 1.97. The lowest BCUT2D eigenvalue weighted by Crippen LogP contribution is -2.08. The van der Waals surface area contributed by atoms with Crippen molar-refractivity contribution in [3.05, 3.63) is 65.2 Å². The first-order valence-corrected chi connectivity index (χ1v) is 7.76. The highest BCUT2D eigenvalue weighted by Crippen LogP contribution is 2.22. The van der Waals surface area contributed by atoms with Crippen LogP contribution in [0.2, 0.25) is 0 Å². The average Bonchev–Trinajstić information content (AvgIpc) is 2.52. The van der Waals surface area contributed by atoms with Crippen molar-refractivity contribution in [1.29, 1.82) is 0 Å². The van der Waals surface area contributed by atoms with E-state index in [-0.39, 0.29) is 11.4 Å². The molecule has 0 saturated carbocycles. The monoisotopic (exact) mass is 312 g/mol. The van der Waals surface area contributed by atoms with Crippen molar-refractivity contribution in [3.63, 3.8) is 0 Å². The van der Waals surface area contributed by atoms with Crippen molar-refractivity contribution in [2.75, 3.05) is 7.11 Å². The van der Waals surface area contributed by atoms with Crippen molar-refractivity contribution < 1.29 is 14.3 Å². The lowest BCUT2D eigenvalue weighted by Gasteiger charge is -2.18. The summed E-state index contributed by atoms with van der Waals surface area (Å²) in [6.45, 7) is 7.10. The second-order valence-corrected chi connectivity index (χ2v) is 6.86. The Morgan fingerprint density at radius 1 is 1.00 bits per heavy atom. The number of hydrogen-bond donors (Lipinski definition) is 0. The zero-order valence-corrected chi connectivity index (χ0v) is 14.3. The van der Waals surface area contributed by atoms with Gasteiger partial charge in [-0.25, -0.2) is 4.79 Å². The summed E-state index contributed by atoms with van der Waals surface area (Å²) in [5.74, 6) is 0.490. The molecular weight excluding hydrogens is 288 g/mol. The Hall–Kier alpha value is -2.29. The zero-order valence-electron chi connectivity index (χ0n) is 14.3. The normalized spacial score (nSPS) is 11.1. The smallest absolute Gasteiger partial charge is 0.337 e. The van der Waals surface area contributed by atoms with Crippen LogP contribution in [0.5, 0.6) is 5.75 Å². The first kappa shape index (κ1) is 17.1. The fourth-order valence-electron chi connectivity index (χ4n) is 2.39. The van der Waals surface area contributed by atoms with E-state index in [0.717, 1.165) is 17.7 Å². The minimum atomic E-state index is -0.335. The molecule has 23 heavy (non-hydrogen) atoms. The molecule has 0 fully saturated rings. The molecule has 0 atom stereocenters. The molecule has 3 nitrogen and oxygen atoms in total. The van der Waals surface area contributed by atoms with Crippen molar-refractivity contribution in [2.24, 2.45) is 5.41 Å². The van der Waals surface area contributed by atoms with Gasteiger partial charge < -0.3 is 9.47 Å². The van der Waals surface area contributed by atoms with Crippen molar-refractivity contribution >= 4 is 5.97 Å².